The summed E-state index contributed by atoms with van der Waals surface area (Å²) in [5, 5.41) is 12.7. The van der Waals surface area contributed by atoms with Gasteiger partial charge < -0.3 is 5.32 Å². The van der Waals surface area contributed by atoms with Crippen LogP contribution in [0.25, 0.3) is 11.0 Å². The van der Waals surface area contributed by atoms with Gasteiger partial charge in [0.1, 0.15) is 17.5 Å². The third kappa shape index (κ3) is 5.99. The number of carbonyl (C=O) groups is 1. The Morgan fingerprint density at radius 3 is 2.37 bits per heavy atom. The maximum atomic E-state index is 14.2. The second-order valence-electron chi connectivity index (χ2n) is 10.9. The van der Waals surface area contributed by atoms with E-state index in [0.717, 1.165) is 40.3 Å². The molecule has 3 heterocycles. The number of benzene rings is 2. The molecule has 1 amide bonds. The fourth-order valence-electron chi connectivity index (χ4n) is 6.05. The number of pyridine rings is 1. The number of thioether (sulfide) groups is 1. The number of nitrogens with zero attached hydrogens (tertiary/aromatic N) is 4. The molecule has 0 spiro atoms. The second-order valence-corrected chi connectivity index (χ2v) is 13.2. The highest BCUT2D eigenvalue weighted by Gasteiger charge is 2.30. The Hall–Kier alpha value is -3.88. The molecule has 2 fully saturated rings. The summed E-state index contributed by atoms with van der Waals surface area (Å²) < 4.78 is 17.1. The molecular weight excluding hydrogens is 586 g/mol. The van der Waals surface area contributed by atoms with Crippen LogP contribution in [0.5, 0.6) is 0 Å². The SMILES string of the molecule is N#Cc1ccccc1Sc1ccccc1C(=O)N[C@H]1CC[C@@H](n2c(=O)c3cc(F)cnc3n(C3CCSCC3)c2=O)CC1. The lowest BCUT2D eigenvalue weighted by molar-refractivity contribution is 0.0919. The van der Waals surface area contributed by atoms with Crippen molar-refractivity contribution >= 4 is 40.5 Å². The number of fused-ring (bicyclic) bond motifs is 1. The van der Waals surface area contributed by atoms with E-state index in [1.54, 1.807) is 16.7 Å². The first-order valence-electron chi connectivity index (χ1n) is 14.4. The van der Waals surface area contributed by atoms with Gasteiger partial charge in [0.05, 0.1) is 22.7 Å². The molecule has 6 rings (SSSR count). The van der Waals surface area contributed by atoms with Crippen molar-refractivity contribution in [2.24, 2.45) is 0 Å². The second kappa shape index (κ2) is 12.8. The van der Waals surface area contributed by atoms with Gasteiger partial charge in [0.25, 0.3) is 11.5 Å². The van der Waals surface area contributed by atoms with E-state index < -0.39 is 11.4 Å². The molecule has 0 unspecified atom stereocenters. The average Bonchev–Trinajstić information content (AvgIpc) is 3.03. The molecule has 2 aromatic heterocycles. The summed E-state index contributed by atoms with van der Waals surface area (Å²) in [6, 6.07) is 17.4. The Morgan fingerprint density at radius 2 is 1.63 bits per heavy atom. The fraction of sp³-hybridized carbons (Fsp3) is 0.344. The zero-order valence-corrected chi connectivity index (χ0v) is 25.0. The van der Waals surface area contributed by atoms with Gasteiger partial charge in [-0.05, 0) is 80.4 Å². The van der Waals surface area contributed by atoms with Gasteiger partial charge in [-0.1, -0.05) is 36.0 Å². The standard InChI is InChI=1S/C32H30FN5O3S2/c33-21-17-26-29(35-19-21)37(24-13-15-42-16-14-24)32(41)38(31(26)40)23-11-9-22(10-12-23)36-30(39)25-6-2-4-8-28(25)43-27-7-3-1-5-20(27)18-34/h1-8,17,19,22-24H,9-16H2,(H,36,39)/t22-,23+. The van der Waals surface area contributed by atoms with E-state index in [0.29, 0.717) is 36.8 Å². The van der Waals surface area contributed by atoms with Gasteiger partial charge >= 0.3 is 5.69 Å². The molecule has 43 heavy (non-hydrogen) atoms. The molecule has 220 valence electrons. The van der Waals surface area contributed by atoms with Crippen LogP contribution >= 0.6 is 23.5 Å². The average molecular weight is 616 g/mol. The van der Waals surface area contributed by atoms with Crippen LogP contribution in [0.2, 0.25) is 0 Å². The van der Waals surface area contributed by atoms with Crippen LogP contribution in [0.1, 0.15) is 66.5 Å². The number of hydrogen-bond acceptors (Lipinski definition) is 7. The molecule has 2 aliphatic rings. The van der Waals surface area contributed by atoms with Crippen LogP contribution in [0, 0.1) is 17.1 Å². The Bertz CT molecular complexity index is 1840. The number of amides is 1. The molecule has 4 aromatic rings. The third-order valence-electron chi connectivity index (χ3n) is 8.24. The zero-order valence-electron chi connectivity index (χ0n) is 23.4. The molecule has 0 radical (unpaired) electrons. The molecule has 11 heteroatoms. The minimum atomic E-state index is -0.610. The Morgan fingerprint density at radius 1 is 0.953 bits per heavy atom. The molecule has 0 bridgehead atoms. The van der Waals surface area contributed by atoms with Crippen LogP contribution in [-0.2, 0) is 0 Å². The van der Waals surface area contributed by atoms with Crippen molar-refractivity contribution < 1.29 is 9.18 Å². The lowest BCUT2D eigenvalue weighted by Gasteiger charge is -2.31. The number of nitrogens with one attached hydrogen (secondary N) is 1. The van der Waals surface area contributed by atoms with Gasteiger partial charge in [-0.15, -0.1) is 0 Å². The molecule has 0 atom stereocenters. The maximum Gasteiger partial charge on any atom is 0.333 e. The van der Waals surface area contributed by atoms with Gasteiger partial charge in [0, 0.05) is 27.9 Å². The maximum absolute atomic E-state index is 14.2. The van der Waals surface area contributed by atoms with Gasteiger partial charge in [-0.25, -0.2) is 14.2 Å². The van der Waals surface area contributed by atoms with Crippen molar-refractivity contribution in [3.8, 4) is 6.07 Å². The van der Waals surface area contributed by atoms with Crippen LogP contribution in [0.15, 0.2) is 80.2 Å². The first-order valence-corrected chi connectivity index (χ1v) is 16.4. The Kier molecular flexibility index (Phi) is 8.68. The van der Waals surface area contributed by atoms with Gasteiger partial charge in [-0.2, -0.15) is 17.0 Å². The number of aromatic nitrogens is 3. The van der Waals surface area contributed by atoms with Crippen molar-refractivity contribution in [1.82, 2.24) is 19.4 Å². The van der Waals surface area contributed by atoms with Crippen molar-refractivity contribution in [2.45, 2.75) is 66.4 Å². The summed E-state index contributed by atoms with van der Waals surface area (Å²) in [6.45, 7) is 0. The summed E-state index contributed by atoms with van der Waals surface area (Å²) in [5.41, 5.74) is 0.426. The molecule has 1 aliphatic heterocycles. The van der Waals surface area contributed by atoms with E-state index in [-0.39, 0.29) is 40.8 Å². The number of halogens is 1. The summed E-state index contributed by atoms with van der Waals surface area (Å²) in [4.78, 5) is 46.5. The largest absolute Gasteiger partial charge is 0.349 e. The number of nitriles is 1. The molecule has 2 aromatic carbocycles. The Labute approximate surface area is 256 Å². The predicted octanol–water partition coefficient (Wildman–Crippen LogP) is 5.70. The van der Waals surface area contributed by atoms with Gasteiger partial charge in [0.15, 0.2) is 0 Å². The highest BCUT2D eigenvalue weighted by molar-refractivity contribution is 7.99. The zero-order chi connectivity index (χ0) is 29.9. The van der Waals surface area contributed by atoms with Gasteiger partial charge in [0.2, 0.25) is 0 Å². The lowest BCUT2D eigenvalue weighted by Crippen LogP contribution is -2.46. The minimum Gasteiger partial charge on any atom is -0.349 e. The van der Waals surface area contributed by atoms with Crippen LogP contribution in [0.3, 0.4) is 0 Å². The van der Waals surface area contributed by atoms with Crippen molar-refractivity contribution in [3.63, 3.8) is 0 Å². The molecule has 1 saturated carbocycles. The van der Waals surface area contributed by atoms with Crippen LogP contribution in [-0.4, -0.2) is 37.6 Å². The lowest BCUT2D eigenvalue weighted by atomic mass is 9.90. The monoisotopic (exact) mass is 615 g/mol. The molecule has 8 nitrogen and oxygen atoms in total. The number of carbonyl (C=O) groups excluding carboxylic acids is 1. The topological polar surface area (TPSA) is 110 Å². The highest BCUT2D eigenvalue weighted by Crippen LogP contribution is 2.34. The first-order chi connectivity index (χ1) is 20.9. The number of hydrogen-bond donors (Lipinski definition) is 1. The summed E-state index contributed by atoms with van der Waals surface area (Å²) >= 11 is 3.22. The van der Waals surface area contributed by atoms with E-state index in [1.165, 1.54) is 22.4 Å². The summed E-state index contributed by atoms with van der Waals surface area (Å²) in [7, 11) is 0. The van der Waals surface area contributed by atoms with Crippen LogP contribution < -0.4 is 16.6 Å². The van der Waals surface area contributed by atoms with Crippen molar-refractivity contribution in [3.05, 3.63) is 98.6 Å². The van der Waals surface area contributed by atoms with E-state index in [2.05, 4.69) is 16.4 Å². The molecule has 1 saturated heterocycles. The molecular formula is C32H30FN5O3S2. The number of rotatable bonds is 6. The third-order valence-corrected chi connectivity index (χ3v) is 10.4. The van der Waals surface area contributed by atoms with E-state index >= 15 is 0 Å². The Balaban J connectivity index is 1.21. The van der Waals surface area contributed by atoms with E-state index in [1.807, 2.05) is 48.2 Å². The smallest absolute Gasteiger partial charge is 0.333 e. The fourth-order valence-corrected chi connectivity index (χ4v) is 8.16. The van der Waals surface area contributed by atoms with E-state index in [9.17, 15) is 24.0 Å². The normalized spacial score (nSPS) is 19.2. The van der Waals surface area contributed by atoms with Gasteiger partial charge in [-0.3, -0.25) is 18.7 Å². The minimum absolute atomic E-state index is 0.0882. The van der Waals surface area contributed by atoms with Crippen LogP contribution in [0.4, 0.5) is 4.39 Å². The predicted molar refractivity (Wildman–Crippen MR) is 166 cm³/mol. The summed E-state index contributed by atoms with van der Waals surface area (Å²) in [5.74, 6) is 1.01. The quantitative estimate of drug-likeness (QED) is 0.296. The van der Waals surface area contributed by atoms with Crippen molar-refractivity contribution in [1.29, 1.82) is 5.26 Å². The first kappa shape index (κ1) is 29.2. The molecule has 1 N–H and O–H groups in total. The highest BCUT2D eigenvalue weighted by atomic mass is 32.2. The van der Waals surface area contributed by atoms with Crippen molar-refractivity contribution in [2.75, 3.05) is 11.5 Å². The van der Waals surface area contributed by atoms with E-state index in [4.69, 9.17) is 0 Å². The molecule has 1 aliphatic carbocycles. The summed E-state index contributed by atoms with van der Waals surface area (Å²) in [6.07, 6.45) is 4.88.